The Morgan fingerprint density at radius 2 is 2.07 bits per heavy atom. The van der Waals surface area contributed by atoms with Crippen LogP contribution in [0.1, 0.15) is 5.56 Å². The average Bonchev–Trinajstić information content (AvgIpc) is 2.19. The lowest BCUT2D eigenvalue weighted by Crippen LogP contribution is -2.39. The summed E-state index contributed by atoms with van der Waals surface area (Å²) in [7, 11) is 0. The van der Waals surface area contributed by atoms with Crippen molar-refractivity contribution in [1.29, 1.82) is 0 Å². The number of nitrogens with one attached hydrogen (secondary N) is 1. The van der Waals surface area contributed by atoms with E-state index in [1.807, 2.05) is 0 Å². The lowest BCUT2D eigenvalue weighted by Gasteiger charge is -2.24. The van der Waals surface area contributed by atoms with Crippen molar-refractivity contribution in [2.75, 3.05) is 6.54 Å². The molecule has 1 rings (SSSR count). The molecule has 14 heavy (non-hydrogen) atoms. The van der Waals surface area contributed by atoms with E-state index in [-0.39, 0.29) is 12.4 Å². The Hall–Kier alpha value is -1.23. The summed E-state index contributed by atoms with van der Waals surface area (Å²) in [5.74, 6) is 4.78. The normalized spacial score (nSPS) is 14.8. The molecule has 3 nitrogen and oxygen atoms in total. The highest BCUT2D eigenvalue weighted by molar-refractivity contribution is 5.27. The molecule has 76 valence electrons. The molecule has 0 saturated heterocycles. The number of halogens is 1. The predicted molar refractivity (Wildman–Crippen MR) is 52.7 cm³/mol. The monoisotopic (exact) mass is 196 g/mol. The number of rotatable bonds is 4. The second kappa shape index (κ2) is 4.32. The van der Waals surface area contributed by atoms with Crippen LogP contribution in [0.15, 0.2) is 36.9 Å². The number of hydrogen-bond acceptors (Lipinski definition) is 3. The van der Waals surface area contributed by atoms with Crippen molar-refractivity contribution in [3.8, 4) is 0 Å². The zero-order chi connectivity index (χ0) is 10.6. The Labute approximate surface area is 82.0 Å². The molecule has 0 heterocycles. The van der Waals surface area contributed by atoms with Gasteiger partial charge in [0.1, 0.15) is 11.4 Å². The fourth-order valence-corrected chi connectivity index (χ4v) is 1.19. The fourth-order valence-electron chi connectivity index (χ4n) is 1.19. The van der Waals surface area contributed by atoms with Crippen LogP contribution in [-0.2, 0) is 5.60 Å². The Kier molecular flexibility index (Phi) is 3.35. The lowest BCUT2D eigenvalue weighted by atomic mass is 9.94. The Balaban J connectivity index is 2.99. The minimum atomic E-state index is -1.26. The molecule has 1 aromatic carbocycles. The summed E-state index contributed by atoms with van der Waals surface area (Å²) < 4.78 is 12.6. The van der Waals surface area contributed by atoms with Gasteiger partial charge in [-0.2, -0.15) is 0 Å². The van der Waals surface area contributed by atoms with E-state index in [1.54, 1.807) is 0 Å². The van der Waals surface area contributed by atoms with E-state index >= 15 is 0 Å². The first-order chi connectivity index (χ1) is 6.62. The number of benzene rings is 1. The highest BCUT2D eigenvalue weighted by atomic mass is 19.1. The molecule has 1 atom stereocenters. The zero-order valence-corrected chi connectivity index (χ0v) is 7.70. The standard InChI is InChI=1S/C10H13FN2O/c1-2-10(14,7-13-12)8-3-5-9(11)6-4-8/h2-6,13-14H,1,7,12H2. The van der Waals surface area contributed by atoms with Crippen molar-refractivity contribution in [1.82, 2.24) is 5.43 Å². The van der Waals surface area contributed by atoms with Crippen LogP contribution in [0.4, 0.5) is 4.39 Å². The van der Waals surface area contributed by atoms with Gasteiger partial charge >= 0.3 is 0 Å². The van der Waals surface area contributed by atoms with Gasteiger partial charge in [0.05, 0.1) is 0 Å². The molecule has 0 aromatic heterocycles. The van der Waals surface area contributed by atoms with E-state index in [0.29, 0.717) is 5.56 Å². The van der Waals surface area contributed by atoms with Gasteiger partial charge in [-0.3, -0.25) is 11.3 Å². The molecule has 0 spiro atoms. The fraction of sp³-hybridized carbons (Fsp3) is 0.200. The molecule has 4 N–H and O–H groups in total. The van der Waals surface area contributed by atoms with Crippen molar-refractivity contribution >= 4 is 0 Å². The molecular formula is C10H13FN2O. The van der Waals surface area contributed by atoms with Gasteiger partial charge in [0.25, 0.3) is 0 Å². The largest absolute Gasteiger partial charge is 0.380 e. The van der Waals surface area contributed by atoms with Gasteiger partial charge in [-0.15, -0.1) is 0 Å². The van der Waals surface area contributed by atoms with Crippen molar-refractivity contribution in [3.63, 3.8) is 0 Å². The van der Waals surface area contributed by atoms with Crippen molar-refractivity contribution in [2.45, 2.75) is 5.60 Å². The maximum absolute atomic E-state index is 12.6. The van der Waals surface area contributed by atoms with E-state index in [1.165, 1.54) is 30.3 Å². The molecule has 0 aliphatic heterocycles. The average molecular weight is 196 g/mol. The number of hydrogen-bond donors (Lipinski definition) is 3. The van der Waals surface area contributed by atoms with Gasteiger partial charge in [0.15, 0.2) is 0 Å². The summed E-state index contributed by atoms with van der Waals surface area (Å²) in [6.45, 7) is 3.64. The minimum Gasteiger partial charge on any atom is -0.380 e. The molecule has 1 aromatic rings. The van der Waals surface area contributed by atoms with Crippen LogP contribution in [0, 0.1) is 5.82 Å². The summed E-state index contributed by atoms with van der Waals surface area (Å²) in [4.78, 5) is 0. The van der Waals surface area contributed by atoms with Crippen molar-refractivity contribution < 1.29 is 9.50 Å². The van der Waals surface area contributed by atoms with E-state index in [9.17, 15) is 9.50 Å². The van der Waals surface area contributed by atoms with Gasteiger partial charge in [0.2, 0.25) is 0 Å². The third kappa shape index (κ3) is 2.17. The second-order valence-electron chi connectivity index (χ2n) is 3.02. The predicted octanol–water partition coefficient (Wildman–Crippen LogP) is 0.663. The Morgan fingerprint density at radius 3 is 2.50 bits per heavy atom. The van der Waals surface area contributed by atoms with E-state index < -0.39 is 5.60 Å². The van der Waals surface area contributed by atoms with Crippen molar-refractivity contribution in [2.24, 2.45) is 5.84 Å². The van der Waals surface area contributed by atoms with Crippen LogP contribution in [0.3, 0.4) is 0 Å². The van der Waals surface area contributed by atoms with E-state index in [0.717, 1.165) is 0 Å². The molecular weight excluding hydrogens is 183 g/mol. The summed E-state index contributed by atoms with van der Waals surface area (Å²) >= 11 is 0. The van der Waals surface area contributed by atoms with Crippen LogP contribution in [-0.4, -0.2) is 11.7 Å². The summed E-state index contributed by atoms with van der Waals surface area (Å²) in [5.41, 5.74) is 1.64. The molecule has 0 radical (unpaired) electrons. The molecule has 0 aliphatic rings. The molecule has 0 fully saturated rings. The van der Waals surface area contributed by atoms with Gasteiger partial charge in [0, 0.05) is 6.54 Å². The molecule has 4 heteroatoms. The Bertz CT molecular complexity index is 312. The number of aliphatic hydroxyl groups is 1. The topological polar surface area (TPSA) is 58.3 Å². The molecule has 1 unspecified atom stereocenters. The number of hydrazine groups is 1. The van der Waals surface area contributed by atoms with Gasteiger partial charge < -0.3 is 5.11 Å². The molecule has 0 bridgehead atoms. The van der Waals surface area contributed by atoms with Crippen molar-refractivity contribution in [3.05, 3.63) is 48.3 Å². The van der Waals surface area contributed by atoms with E-state index in [4.69, 9.17) is 5.84 Å². The maximum Gasteiger partial charge on any atom is 0.123 e. The summed E-state index contributed by atoms with van der Waals surface area (Å²) in [5, 5.41) is 10.00. The van der Waals surface area contributed by atoms with E-state index in [2.05, 4.69) is 12.0 Å². The van der Waals surface area contributed by atoms with Gasteiger partial charge in [-0.1, -0.05) is 24.8 Å². The quantitative estimate of drug-likeness (QED) is 0.377. The lowest BCUT2D eigenvalue weighted by molar-refractivity contribution is 0.0891. The first kappa shape index (κ1) is 10.8. The SMILES string of the molecule is C=CC(O)(CNN)c1ccc(F)cc1. The summed E-state index contributed by atoms with van der Waals surface area (Å²) in [6.07, 6.45) is 1.36. The van der Waals surface area contributed by atoms with Gasteiger partial charge in [-0.05, 0) is 17.7 Å². The maximum atomic E-state index is 12.6. The van der Waals surface area contributed by atoms with Crippen LogP contribution < -0.4 is 11.3 Å². The smallest absolute Gasteiger partial charge is 0.123 e. The first-order valence-corrected chi connectivity index (χ1v) is 4.18. The van der Waals surface area contributed by atoms with Gasteiger partial charge in [-0.25, -0.2) is 4.39 Å². The highest BCUT2D eigenvalue weighted by Crippen LogP contribution is 2.21. The Morgan fingerprint density at radius 1 is 1.50 bits per heavy atom. The zero-order valence-electron chi connectivity index (χ0n) is 7.70. The van der Waals surface area contributed by atoms with Crippen LogP contribution in [0.2, 0.25) is 0 Å². The second-order valence-corrected chi connectivity index (χ2v) is 3.02. The molecule has 0 aliphatic carbocycles. The van der Waals surface area contributed by atoms with Crippen LogP contribution in [0.25, 0.3) is 0 Å². The highest BCUT2D eigenvalue weighted by Gasteiger charge is 2.24. The molecule has 0 amide bonds. The third-order valence-corrected chi connectivity index (χ3v) is 2.05. The summed E-state index contributed by atoms with van der Waals surface area (Å²) in [6, 6.07) is 5.54. The number of nitrogens with two attached hydrogens (primary N) is 1. The minimum absolute atomic E-state index is 0.127. The third-order valence-electron chi connectivity index (χ3n) is 2.05. The van der Waals surface area contributed by atoms with Crippen LogP contribution >= 0.6 is 0 Å². The first-order valence-electron chi connectivity index (χ1n) is 4.18. The molecule has 0 saturated carbocycles. The van der Waals surface area contributed by atoms with Crippen LogP contribution in [0.5, 0.6) is 0 Å².